The van der Waals surface area contributed by atoms with E-state index in [2.05, 4.69) is 13.0 Å². The fraction of sp³-hybridized carbons (Fsp3) is 0.353. The zero-order valence-electron chi connectivity index (χ0n) is 12.4. The fourth-order valence-corrected chi connectivity index (χ4v) is 3.60. The van der Waals surface area contributed by atoms with Crippen molar-refractivity contribution in [1.29, 1.82) is 0 Å². The van der Waals surface area contributed by atoms with Gasteiger partial charge in [0.1, 0.15) is 5.41 Å². The van der Waals surface area contributed by atoms with Gasteiger partial charge in [-0.05, 0) is 31.0 Å². The molecule has 1 aromatic heterocycles. The summed E-state index contributed by atoms with van der Waals surface area (Å²) in [6.07, 6.45) is 1.41. The average Bonchev–Trinajstić information content (AvgIpc) is 2.92. The number of carboxylic acids is 1. The van der Waals surface area contributed by atoms with E-state index >= 15 is 0 Å². The Morgan fingerprint density at radius 2 is 2.00 bits per heavy atom. The third-order valence-electron chi connectivity index (χ3n) is 3.87. The van der Waals surface area contributed by atoms with Crippen molar-refractivity contribution in [3.05, 3.63) is 57.3 Å². The summed E-state index contributed by atoms with van der Waals surface area (Å²) in [5.41, 5.74) is 6.68. The average molecular weight is 303 g/mol. The van der Waals surface area contributed by atoms with Crippen LogP contribution >= 0.6 is 11.3 Å². The third-order valence-corrected chi connectivity index (χ3v) is 5.10. The van der Waals surface area contributed by atoms with E-state index in [0.717, 1.165) is 22.4 Å². The van der Waals surface area contributed by atoms with Crippen LogP contribution in [0.4, 0.5) is 0 Å². The van der Waals surface area contributed by atoms with E-state index in [-0.39, 0.29) is 6.54 Å². The van der Waals surface area contributed by atoms with Crippen LogP contribution in [0, 0.1) is 6.92 Å². The van der Waals surface area contributed by atoms with Crippen LogP contribution in [0.25, 0.3) is 0 Å². The van der Waals surface area contributed by atoms with Crippen molar-refractivity contribution >= 4 is 17.3 Å². The Kier molecular flexibility index (Phi) is 4.80. The van der Waals surface area contributed by atoms with E-state index in [1.54, 1.807) is 11.3 Å². The largest absolute Gasteiger partial charge is 0.481 e. The molecule has 0 spiro atoms. The molecule has 1 heterocycles. The van der Waals surface area contributed by atoms with Gasteiger partial charge in [-0.2, -0.15) is 0 Å². The topological polar surface area (TPSA) is 63.3 Å². The van der Waals surface area contributed by atoms with Crippen molar-refractivity contribution in [2.75, 3.05) is 6.54 Å². The molecular formula is C17H21NO2S. The van der Waals surface area contributed by atoms with Gasteiger partial charge < -0.3 is 10.8 Å². The molecule has 0 radical (unpaired) electrons. The van der Waals surface area contributed by atoms with Gasteiger partial charge in [-0.1, -0.05) is 36.8 Å². The summed E-state index contributed by atoms with van der Waals surface area (Å²) in [6, 6.07) is 11.7. The second-order valence-electron chi connectivity index (χ2n) is 5.36. The van der Waals surface area contributed by atoms with Gasteiger partial charge >= 0.3 is 5.97 Å². The maximum Gasteiger partial charge on any atom is 0.315 e. The normalized spacial score (nSPS) is 13.9. The molecule has 3 nitrogen and oxygen atoms in total. The number of aryl methyl sites for hydroxylation is 2. The molecule has 0 aliphatic heterocycles. The minimum atomic E-state index is -1.05. The Hall–Kier alpha value is -1.65. The van der Waals surface area contributed by atoms with Crippen molar-refractivity contribution in [1.82, 2.24) is 0 Å². The fourth-order valence-electron chi connectivity index (χ4n) is 2.53. The summed E-state index contributed by atoms with van der Waals surface area (Å²) >= 11 is 1.67. The molecule has 2 aromatic rings. The van der Waals surface area contributed by atoms with Gasteiger partial charge in [0.15, 0.2) is 0 Å². The molecule has 0 saturated heterocycles. The zero-order chi connectivity index (χ0) is 15.5. The molecule has 3 N–H and O–H groups in total. The second kappa shape index (κ2) is 6.41. The van der Waals surface area contributed by atoms with Crippen molar-refractivity contribution in [2.24, 2.45) is 5.73 Å². The summed E-state index contributed by atoms with van der Waals surface area (Å²) in [5, 5.41) is 9.82. The molecule has 4 heteroatoms. The van der Waals surface area contributed by atoms with Crippen LogP contribution in [0.5, 0.6) is 0 Å². The first-order valence-electron chi connectivity index (χ1n) is 7.10. The predicted molar refractivity (Wildman–Crippen MR) is 86.9 cm³/mol. The number of thiophene rings is 1. The van der Waals surface area contributed by atoms with Gasteiger partial charge in [-0.3, -0.25) is 4.79 Å². The van der Waals surface area contributed by atoms with Crippen molar-refractivity contribution in [2.45, 2.75) is 32.1 Å². The Morgan fingerprint density at radius 3 is 2.52 bits per heavy atom. The van der Waals surface area contributed by atoms with Crippen LogP contribution in [-0.4, -0.2) is 17.6 Å². The van der Waals surface area contributed by atoms with Gasteiger partial charge in [0, 0.05) is 22.7 Å². The zero-order valence-corrected chi connectivity index (χ0v) is 13.2. The summed E-state index contributed by atoms with van der Waals surface area (Å²) in [4.78, 5) is 14.3. The summed E-state index contributed by atoms with van der Waals surface area (Å²) in [6.45, 7) is 4.15. The number of hydrogen-bond donors (Lipinski definition) is 2. The highest BCUT2D eigenvalue weighted by Crippen LogP contribution is 2.31. The first-order valence-corrected chi connectivity index (χ1v) is 7.91. The van der Waals surface area contributed by atoms with Crippen LogP contribution in [0.3, 0.4) is 0 Å². The van der Waals surface area contributed by atoms with E-state index in [0.29, 0.717) is 6.42 Å². The minimum Gasteiger partial charge on any atom is -0.481 e. The molecule has 0 aliphatic carbocycles. The highest BCUT2D eigenvalue weighted by Gasteiger charge is 2.39. The van der Waals surface area contributed by atoms with Crippen molar-refractivity contribution in [3.63, 3.8) is 0 Å². The number of rotatable bonds is 6. The van der Waals surface area contributed by atoms with Crippen LogP contribution in [0.1, 0.15) is 27.8 Å². The highest BCUT2D eigenvalue weighted by molar-refractivity contribution is 7.12. The first-order chi connectivity index (χ1) is 10.0. The number of carboxylic acid groups (broad SMARTS) is 1. The number of aliphatic carboxylic acids is 1. The molecule has 1 atom stereocenters. The van der Waals surface area contributed by atoms with Crippen LogP contribution in [-0.2, 0) is 23.1 Å². The van der Waals surface area contributed by atoms with Gasteiger partial charge in [-0.15, -0.1) is 11.3 Å². The molecular weight excluding hydrogens is 282 g/mol. The lowest BCUT2D eigenvalue weighted by Gasteiger charge is -2.28. The molecule has 0 saturated carbocycles. The minimum absolute atomic E-state index is 0.0884. The molecule has 0 amide bonds. The second-order valence-corrected chi connectivity index (χ2v) is 6.61. The molecule has 112 valence electrons. The molecule has 21 heavy (non-hydrogen) atoms. The van der Waals surface area contributed by atoms with Gasteiger partial charge in [0.2, 0.25) is 0 Å². The van der Waals surface area contributed by atoms with Crippen molar-refractivity contribution in [3.8, 4) is 0 Å². The van der Waals surface area contributed by atoms with Crippen LogP contribution < -0.4 is 5.73 Å². The lowest BCUT2D eigenvalue weighted by molar-refractivity contribution is -0.143. The Bertz CT molecular complexity index is 635. The smallest absolute Gasteiger partial charge is 0.315 e. The summed E-state index contributed by atoms with van der Waals surface area (Å²) in [7, 11) is 0. The van der Waals surface area contributed by atoms with E-state index in [9.17, 15) is 9.90 Å². The molecule has 0 aliphatic rings. The number of benzene rings is 1. The SMILES string of the molecule is CCc1ccc(CC(CN)(C(=O)O)c2cccc(C)c2)s1. The molecule has 0 fully saturated rings. The van der Waals surface area contributed by atoms with Gasteiger partial charge in [0.25, 0.3) is 0 Å². The lowest BCUT2D eigenvalue weighted by atomic mass is 9.76. The Morgan fingerprint density at radius 1 is 1.29 bits per heavy atom. The van der Waals surface area contributed by atoms with E-state index in [1.807, 2.05) is 37.3 Å². The summed E-state index contributed by atoms with van der Waals surface area (Å²) in [5.74, 6) is -0.859. The number of carbonyl (C=O) groups is 1. The number of nitrogens with two attached hydrogens (primary N) is 1. The standard InChI is InChI=1S/C17H21NO2S/c1-3-14-7-8-15(21-14)10-17(11-18,16(19)20)13-6-4-5-12(2)9-13/h4-9H,3,10-11,18H2,1-2H3,(H,19,20). The van der Waals surface area contributed by atoms with E-state index in [4.69, 9.17) is 5.73 Å². The molecule has 0 bridgehead atoms. The third kappa shape index (κ3) is 3.17. The van der Waals surface area contributed by atoms with Gasteiger partial charge in [0.05, 0.1) is 0 Å². The maximum atomic E-state index is 12.0. The molecule has 2 rings (SSSR count). The maximum absolute atomic E-state index is 12.0. The van der Waals surface area contributed by atoms with Crippen molar-refractivity contribution < 1.29 is 9.90 Å². The monoisotopic (exact) mass is 303 g/mol. The molecule has 1 unspecified atom stereocenters. The Labute approximate surface area is 129 Å². The van der Waals surface area contributed by atoms with Crippen LogP contribution in [0.2, 0.25) is 0 Å². The predicted octanol–water partition coefficient (Wildman–Crippen LogP) is 3.14. The van der Waals surface area contributed by atoms with Crippen LogP contribution in [0.15, 0.2) is 36.4 Å². The Balaban J connectivity index is 2.44. The highest BCUT2D eigenvalue weighted by atomic mass is 32.1. The first kappa shape index (κ1) is 15.7. The van der Waals surface area contributed by atoms with Gasteiger partial charge in [-0.25, -0.2) is 0 Å². The van der Waals surface area contributed by atoms with E-state index in [1.165, 1.54) is 4.88 Å². The summed E-state index contributed by atoms with van der Waals surface area (Å²) < 4.78 is 0. The number of hydrogen-bond acceptors (Lipinski definition) is 3. The van der Waals surface area contributed by atoms with E-state index < -0.39 is 11.4 Å². The lowest BCUT2D eigenvalue weighted by Crippen LogP contribution is -2.44. The molecule has 1 aromatic carbocycles. The quantitative estimate of drug-likeness (QED) is 0.861.